The van der Waals surface area contributed by atoms with Crippen LogP contribution in [-0.4, -0.2) is 59.9 Å². The van der Waals surface area contributed by atoms with Gasteiger partial charge in [-0.3, -0.25) is 0 Å². The fourth-order valence-corrected chi connectivity index (χ4v) is 2.06. The summed E-state index contributed by atoms with van der Waals surface area (Å²) in [7, 11) is -0.458. The number of nitrogens with one attached hydrogen (secondary N) is 2. The molecular formula is C11H17N7O2S. The summed E-state index contributed by atoms with van der Waals surface area (Å²) in [6, 6.07) is 5.32. The van der Waals surface area contributed by atoms with E-state index in [9.17, 15) is 8.42 Å². The number of nitrogens with zero attached hydrogens (tertiary/aromatic N) is 5. The second kappa shape index (κ2) is 6.61. The minimum absolute atomic E-state index is 0.253. The van der Waals surface area contributed by atoms with Crippen molar-refractivity contribution in [1.82, 2.24) is 29.0 Å². The first-order valence-corrected chi connectivity index (χ1v) is 7.68. The summed E-state index contributed by atoms with van der Waals surface area (Å²) in [4.78, 5) is 0. The Morgan fingerprint density at radius 3 is 2.62 bits per heavy atom. The highest BCUT2D eigenvalue weighted by Gasteiger charge is 2.11. The smallest absolute Gasteiger partial charge is 0.278 e. The highest BCUT2D eigenvalue weighted by Crippen LogP contribution is 2.04. The Morgan fingerprint density at radius 1 is 1.24 bits per heavy atom. The van der Waals surface area contributed by atoms with Gasteiger partial charge in [0.05, 0.1) is 0 Å². The zero-order valence-corrected chi connectivity index (χ0v) is 12.6. The van der Waals surface area contributed by atoms with Crippen LogP contribution in [-0.2, 0) is 10.2 Å². The van der Waals surface area contributed by atoms with E-state index in [1.54, 1.807) is 35.3 Å². The average Bonchev–Trinajstić information content (AvgIpc) is 2.98. The van der Waals surface area contributed by atoms with Crippen molar-refractivity contribution in [2.24, 2.45) is 0 Å². The molecule has 0 saturated carbocycles. The Kier molecular flexibility index (Phi) is 4.83. The van der Waals surface area contributed by atoms with Gasteiger partial charge in [0.15, 0.2) is 5.82 Å². The normalized spacial score (nSPS) is 11.8. The number of aromatic nitrogens is 4. The monoisotopic (exact) mass is 311 g/mol. The topological polar surface area (TPSA) is 105 Å². The van der Waals surface area contributed by atoms with Gasteiger partial charge in [-0.2, -0.15) is 17.8 Å². The molecule has 2 rings (SSSR count). The highest BCUT2D eigenvalue weighted by atomic mass is 32.2. The van der Waals surface area contributed by atoms with Crippen LogP contribution in [0.25, 0.3) is 5.82 Å². The molecule has 0 radical (unpaired) electrons. The van der Waals surface area contributed by atoms with Gasteiger partial charge in [0.2, 0.25) is 0 Å². The molecule has 0 fully saturated rings. The van der Waals surface area contributed by atoms with E-state index < -0.39 is 10.2 Å². The van der Waals surface area contributed by atoms with Crippen LogP contribution in [0.4, 0.5) is 5.82 Å². The Morgan fingerprint density at radius 2 is 2.05 bits per heavy atom. The molecule has 2 aromatic rings. The van der Waals surface area contributed by atoms with E-state index in [1.165, 1.54) is 14.1 Å². The molecule has 10 heteroatoms. The molecule has 2 N–H and O–H groups in total. The van der Waals surface area contributed by atoms with Crippen molar-refractivity contribution in [3.05, 3.63) is 30.6 Å². The molecule has 0 aliphatic rings. The summed E-state index contributed by atoms with van der Waals surface area (Å²) < 4.78 is 28.1. The minimum atomic E-state index is -3.39. The fraction of sp³-hybridized carbons (Fsp3) is 0.364. The largest absolute Gasteiger partial charge is 0.367 e. The lowest BCUT2D eigenvalue weighted by molar-refractivity contribution is 0.507. The molecule has 0 saturated heterocycles. The van der Waals surface area contributed by atoms with Gasteiger partial charge in [-0.25, -0.2) is 9.40 Å². The molecule has 0 bridgehead atoms. The molecule has 0 aliphatic carbocycles. The highest BCUT2D eigenvalue weighted by molar-refractivity contribution is 7.87. The maximum absolute atomic E-state index is 11.5. The molecule has 0 aromatic carbocycles. The molecular weight excluding hydrogens is 294 g/mol. The molecule has 0 atom stereocenters. The van der Waals surface area contributed by atoms with E-state index in [-0.39, 0.29) is 6.54 Å². The van der Waals surface area contributed by atoms with E-state index in [2.05, 4.69) is 25.3 Å². The lowest BCUT2D eigenvalue weighted by Crippen LogP contribution is -2.38. The SMILES string of the molecule is CN(C)S(=O)(=O)NCCNc1ccc(-n2cccn2)nn1. The van der Waals surface area contributed by atoms with Crippen LogP contribution in [0, 0.1) is 0 Å². The van der Waals surface area contributed by atoms with Crippen LogP contribution >= 0.6 is 0 Å². The van der Waals surface area contributed by atoms with Crippen molar-refractivity contribution >= 4 is 16.0 Å². The van der Waals surface area contributed by atoms with E-state index in [1.807, 2.05) is 0 Å². The maximum atomic E-state index is 11.5. The predicted octanol–water partition coefficient (Wildman–Crippen LogP) is -0.530. The molecule has 2 heterocycles. The van der Waals surface area contributed by atoms with Crippen molar-refractivity contribution in [2.75, 3.05) is 32.5 Å². The third-order valence-electron chi connectivity index (χ3n) is 2.59. The lowest BCUT2D eigenvalue weighted by atomic mass is 10.5. The molecule has 21 heavy (non-hydrogen) atoms. The second-order valence-corrected chi connectivity index (χ2v) is 6.31. The third kappa shape index (κ3) is 4.21. The Labute approximate surface area is 123 Å². The third-order valence-corrected chi connectivity index (χ3v) is 4.12. The van der Waals surface area contributed by atoms with E-state index in [4.69, 9.17) is 0 Å². The zero-order chi connectivity index (χ0) is 15.3. The maximum Gasteiger partial charge on any atom is 0.278 e. The predicted molar refractivity (Wildman–Crippen MR) is 78.3 cm³/mol. The van der Waals surface area contributed by atoms with Gasteiger partial charge >= 0.3 is 0 Å². The van der Waals surface area contributed by atoms with Crippen molar-refractivity contribution in [2.45, 2.75) is 0 Å². The van der Waals surface area contributed by atoms with Crippen LogP contribution in [0.5, 0.6) is 0 Å². The van der Waals surface area contributed by atoms with E-state index in [0.29, 0.717) is 18.2 Å². The van der Waals surface area contributed by atoms with Gasteiger partial charge in [-0.1, -0.05) is 0 Å². The Hall–Kier alpha value is -2.04. The van der Waals surface area contributed by atoms with Crippen molar-refractivity contribution in [1.29, 1.82) is 0 Å². The van der Waals surface area contributed by atoms with Crippen molar-refractivity contribution in [3.8, 4) is 5.82 Å². The molecule has 0 aliphatic heterocycles. The first-order valence-electron chi connectivity index (χ1n) is 6.24. The quantitative estimate of drug-likeness (QED) is 0.666. The average molecular weight is 311 g/mol. The van der Waals surface area contributed by atoms with Gasteiger partial charge in [0, 0.05) is 39.6 Å². The van der Waals surface area contributed by atoms with Gasteiger partial charge in [0.1, 0.15) is 5.82 Å². The van der Waals surface area contributed by atoms with Gasteiger partial charge in [0.25, 0.3) is 10.2 Å². The van der Waals surface area contributed by atoms with Gasteiger partial charge in [-0.05, 0) is 18.2 Å². The van der Waals surface area contributed by atoms with Crippen LogP contribution in [0.15, 0.2) is 30.6 Å². The van der Waals surface area contributed by atoms with Crippen molar-refractivity contribution in [3.63, 3.8) is 0 Å². The van der Waals surface area contributed by atoms with Gasteiger partial charge in [-0.15, -0.1) is 10.2 Å². The van der Waals surface area contributed by atoms with E-state index in [0.717, 1.165) is 4.31 Å². The number of hydrogen-bond acceptors (Lipinski definition) is 6. The molecule has 2 aromatic heterocycles. The molecule has 0 amide bonds. The first-order chi connectivity index (χ1) is 9.99. The van der Waals surface area contributed by atoms with Gasteiger partial charge < -0.3 is 5.32 Å². The Balaban J connectivity index is 1.82. The van der Waals surface area contributed by atoms with Crippen LogP contribution in [0.2, 0.25) is 0 Å². The second-order valence-electron chi connectivity index (χ2n) is 4.34. The standard InChI is InChI=1S/C11H17N7O2S/c1-17(2)21(19,20)14-8-7-12-10-4-5-11(16-15-10)18-9-3-6-13-18/h3-6,9,14H,7-8H2,1-2H3,(H,12,15). The number of rotatable bonds is 7. The summed E-state index contributed by atoms with van der Waals surface area (Å²) >= 11 is 0. The molecule has 0 unspecified atom stereocenters. The summed E-state index contributed by atoms with van der Waals surface area (Å²) in [5, 5.41) is 15.0. The van der Waals surface area contributed by atoms with Crippen LogP contribution in [0.3, 0.4) is 0 Å². The minimum Gasteiger partial charge on any atom is -0.367 e. The molecule has 0 spiro atoms. The summed E-state index contributed by atoms with van der Waals surface area (Å²) in [5.74, 6) is 1.17. The van der Waals surface area contributed by atoms with Crippen molar-refractivity contribution < 1.29 is 8.42 Å². The first kappa shape index (κ1) is 15.4. The molecule has 9 nitrogen and oxygen atoms in total. The zero-order valence-electron chi connectivity index (χ0n) is 11.8. The lowest BCUT2D eigenvalue weighted by Gasteiger charge is -2.12. The summed E-state index contributed by atoms with van der Waals surface area (Å²) in [6.07, 6.45) is 3.43. The number of hydrogen-bond donors (Lipinski definition) is 2. The molecule has 114 valence electrons. The van der Waals surface area contributed by atoms with Crippen LogP contribution in [0.1, 0.15) is 0 Å². The summed E-state index contributed by atoms with van der Waals surface area (Å²) in [5.41, 5.74) is 0. The summed E-state index contributed by atoms with van der Waals surface area (Å²) in [6.45, 7) is 0.659. The fourth-order valence-electron chi connectivity index (χ4n) is 1.45. The Bertz CT molecular complexity index is 652. The van der Waals surface area contributed by atoms with Crippen LogP contribution < -0.4 is 10.0 Å². The van der Waals surface area contributed by atoms with E-state index >= 15 is 0 Å². The number of anilines is 1.